The molecule has 2 atom stereocenters. The highest BCUT2D eigenvalue weighted by Gasteiger charge is 2.14. The molecular formula is C9H17N3OS. The summed E-state index contributed by atoms with van der Waals surface area (Å²) in [4.78, 5) is 6.96. The molecule has 0 spiro atoms. The van der Waals surface area contributed by atoms with E-state index in [4.69, 9.17) is 5.11 Å². The zero-order valence-corrected chi connectivity index (χ0v) is 9.34. The van der Waals surface area contributed by atoms with Crippen LogP contribution in [0.3, 0.4) is 0 Å². The van der Waals surface area contributed by atoms with Crippen molar-refractivity contribution >= 4 is 11.8 Å². The van der Waals surface area contributed by atoms with Crippen molar-refractivity contribution in [3.63, 3.8) is 0 Å². The number of aromatic amines is 1. The molecule has 80 valence electrons. The molecule has 0 saturated heterocycles. The van der Waals surface area contributed by atoms with Crippen LogP contribution in [0.4, 0.5) is 0 Å². The fraction of sp³-hybridized carbons (Fsp3) is 0.667. The minimum atomic E-state index is 0.207. The van der Waals surface area contributed by atoms with Gasteiger partial charge in [0.15, 0.2) is 0 Å². The van der Waals surface area contributed by atoms with E-state index < -0.39 is 0 Å². The normalized spacial score (nSPS) is 15.4. The van der Waals surface area contributed by atoms with Crippen LogP contribution in [0.15, 0.2) is 12.5 Å². The molecule has 14 heavy (non-hydrogen) atoms. The van der Waals surface area contributed by atoms with Gasteiger partial charge in [0.2, 0.25) is 0 Å². The lowest BCUT2D eigenvalue weighted by atomic mass is 10.2. The van der Waals surface area contributed by atoms with Crippen LogP contribution in [-0.2, 0) is 6.54 Å². The molecule has 0 aromatic carbocycles. The molecule has 0 radical (unpaired) electrons. The fourth-order valence-electron chi connectivity index (χ4n) is 1.22. The lowest BCUT2D eigenvalue weighted by Gasteiger charge is -2.20. The van der Waals surface area contributed by atoms with E-state index in [1.54, 1.807) is 24.3 Å². The van der Waals surface area contributed by atoms with Crippen LogP contribution >= 0.6 is 11.8 Å². The Balaban J connectivity index is 2.30. The number of hydrogen-bond donors (Lipinski definition) is 3. The summed E-state index contributed by atoms with van der Waals surface area (Å²) >= 11 is 1.68. The largest absolute Gasteiger partial charge is 0.395 e. The lowest BCUT2D eigenvalue weighted by molar-refractivity contribution is 0.275. The van der Waals surface area contributed by atoms with Crippen LogP contribution in [0.1, 0.15) is 12.6 Å². The molecule has 0 fully saturated rings. The number of H-pyrrole nitrogens is 1. The van der Waals surface area contributed by atoms with E-state index in [-0.39, 0.29) is 11.9 Å². The van der Waals surface area contributed by atoms with Gasteiger partial charge in [0.1, 0.15) is 0 Å². The number of hydrogen-bond acceptors (Lipinski definition) is 4. The number of rotatable bonds is 6. The van der Waals surface area contributed by atoms with Crippen molar-refractivity contribution in [3.8, 4) is 0 Å². The molecule has 0 aliphatic rings. The molecule has 0 saturated carbocycles. The first-order valence-electron chi connectivity index (χ1n) is 4.62. The zero-order valence-electron chi connectivity index (χ0n) is 8.53. The maximum absolute atomic E-state index is 9.07. The van der Waals surface area contributed by atoms with Crippen LogP contribution in [0.25, 0.3) is 0 Å². The first-order chi connectivity index (χ1) is 6.77. The third-order valence-electron chi connectivity index (χ3n) is 2.21. The van der Waals surface area contributed by atoms with Crippen LogP contribution in [0.5, 0.6) is 0 Å². The van der Waals surface area contributed by atoms with Gasteiger partial charge < -0.3 is 15.4 Å². The average molecular weight is 215 g/mol. The Labute approximate surface area is 88.5 Å². The van der Waals surface area contributed by atoms with Gasteiger partial charge in [0.05, 0.1) is 12.9 Å². The van der Waals surface area contributed by atoms with Gasteiger partial charge in [-0.3, -0.25) is 0 Å². The minimum Gasteiger partial charge on any atom is -0.395 e. The summed E-state index contributed by atoms with van der Waals surface area (Å²) in [7, 11) is 0. The summed E-state index contributed by atoms with van der Waals surface area (Å²) in [5.74, 6) is 0. The van der Waals surface area contributed by atoms with Crippen LogP contribution < -0.4 is 5.32 Å². The Morgan fingerprint density at radius 1 is 1.71 bits per heavy atom. The van der Waals surface area contributed by atoms with Crippen molar-refractivity contribution in [1.29, 1.82) is 0 Å². The first-order valence-corrected chi connectivity index (χ1v) is 5.91. The summed E-state index contributed by atoms with van der Waals surface area (Å²) in [6, 6.07) is 0.290. The third kappa shape index (κ3) is 3.32. The molecule has 5 heteroatoms. The predicted molar refractivity (Wildman–Crippen MR) is 59.3 cm³/mol. The van der Waals surface area contributed by atoms with Crippen molar-refractivity contribution in [3.05, 3.63) is 18.2 Å². The van der Waals surface area contributed by atoms with Gasteiger partial charge in [-0.15, -0.1) is 0 Å². The number of aliphatic hydroxyl groups is 1. The van der Waals surface area contributed by atoms with Crippen molar-refractivity contribution in [2.24, 2.45) is 0 Å². The topological polar surface area (TPSA) is 60.9 Å². The molecular weight excluding hydrogens is 198 g/mol. The maximum Gasteiger partial charge on any atom is 0.0922 e. The molecule has 0 bridgehead atoms. The van der Waals surface area contributed by atoms with Gasteiger partial charge in [-0.2, -0.15) is 11.8 Å². The second-order valence-electron chi connectivity index (χ2n) is 3.20. The summed E-state index contributed by atoms with van der Waals surface area (Å²) in [5.41, 5.74) is 1.06. The maximum atomic E-state index is 9.07. The summed E-state index contributed by atoms with van der Waals surface area (Å²) in [6.07, 6.45) is 5.47. The molecule has 0 aliphatic carbocycles. The fourth-order valence-corrected chi connectivity index (χ4v) is 1.87. The Kier molecular flexibility index (Phi) is 5.00. The number of imidazole rings is 1. The Morgan fingerprint density at radius 2 is 2.50 bits per heavy atom. The van der Waals surface area contributed by atoms with Gasteiger partial charge in [0.25, 0.3) is 0 Å². The molecule has 1 heterocycles. The third-order valence-corrected chi connectivity index (χ3v) is 3.37. The van der Waals surface area contributed by atoms with E-state index in [1.165, 1.54) is 0 Å². The molecule has 2 unspecified atom stereocenters. The number of nitrogens with zero attached hydrogens (tertiary/aromatic N) is 1. The molecule has 1 aromatic rings. The van der Waals surface area contributed by atoms with E-state index >= 15 is 0 Å². The second-order valence-corrected chi connectivity index (χ2v) is 4.28. The molecule has 3 N–H and O–H groups in total. The van der Waals surface area contributed by atoms with Gasteiger partial charge in [-0.1, -0.05) is 0 Å². The van der Waals surface area contributed by atoms with Crippen molar-refractivity contribution in [1.82, 2.24) is 15.3 Å². The lowest BCUT2D eigenvalue weighted by Crippen LogP contribution is -2.37. The SMILES string of the molecule is CSC(CO)C(C)NCc1cnc[nH]1. The van der Waals surface area contributed by atoms with Gasteiger partial charge >= 0.3 is 0 Å². The number of nitrogens with one attached hydrogen (secondary N) is 2. The molecule has 0 aliphatic heterocycles. The van der Waals surface area contributed by atoms with E-state index in [9.17, 15) is 0 Å². The number of aliphatic hydroxyl groups excluding tert-OH is 1. The first kappa shape index (κ1) is 11.6. The van der Waals surface area contributed by atoms with Crippen LogP contribution in [0.2, 0.25) is 0 Å². The summed E-state index contributed by atoms with van der Waals surface area (Å²) in [5, 5.41) is 12.7. The van der Waals surface area contributed by atoms with Crippen LogP contribution in [0, 0.1) is 0 Å². The zero-order chi connectivity index (χ0) is 10.4. The second kappa shape index (κ2) is 6.06. The van der Waals surface area contributed by atoms with Gasteiger partial charge in [-0.05, 0) is 13.2 Å². The quantitative estimate of drug-likeness (QED) is 0.651. The minimum absolute atomic E-state index is 0.207. The standard InChI is InChI=1S/C9H17N3OS/c1-7(9(5-13)14-2)11-4-8-3-10-6-12-8/h3,6-7,9,11,13H,4-5H2,1-2H3,(H,10,12). The Morgan fingerprint density at radius 3 is 3.00 bits per heavy atom. The van der Waals surface area contributed by atoms with E-state index in [0.29, 0.717) is 6.04 Å². The Hall–Kier alpha value is -0.520. The average Bonchev–Trinajstić information content (AvgIpc) is 2.69. The highest BCUT2D eigenvalue weighted by molar-refractivity contribution is 7.99. The summed E-state index contributed by atoms with van der Waals surface area (Å²) < 4.78 is 0. The summed E-state index contributed by atoms with van der Waals surface area (Å²) in [6.45, 7) is 3.05. The smallest absolute Gasteiger partial charge is 0.0922 e. The van der Waals surface area contributed by atoms with Crippen molar-refractivity contribution in [2.75, 3.05) is 12.9 Å². The highest BCUT2D eigenvalue weighted by Crippen LogP contribution is 2.10. The molecule has 0 amide bonds. The van der Waals surface area contributed by atoms with Crippen molar-refractivity contribution < 1.29 is 5.11 Å². The van der Waals surface area contributed by atoms with Crippen LogP contribution in [-0.4, -0.2) is 39.2 Å². The predicted octanol–water partition coefficient (Wildman–Crippen LogP) is 0.612. The van der Waals surface area contributed by atoms with E-state index in [0.717, 1.165) is 12.2 Å². The van der Waals surface area contributed by atoms with Gasteiger partial charge in [-0.25, -0.2) is 4.98 Å². The number of aromatic nitrogens is 2. The Bertz CT molecular complexity index is 236. The number of thioether (sulfide) groups is 1. The molecule has 1 rings (SSSR count). The highest BCUT2D eigenvalue weighted by atomic mass is 32.2. The van der Waals surface area contributed by atoms with Crippen molar-refractivity contribution in [2.45, 2.75) is 24.8 Å². The van der Waals surface area contributed by atoms with E-state index in [2.05, 4.69) is 22.2 Å². The molecule has 4 nitrogen and oxygen atoms in total. The van der Waals surface area contributed by atoms with E-state index in [1.807, 2.05) is 6.26 Å². The monoisotopic (exact) mass is 215 g/mol. The van der Waals surface area contributed by atoms with Gasteiger partial charge in [0, 0.05) is 29.7 Å². The molecule has 1 aromatic heterocycles.